The van der Waals surface area contributed by atoms with Crippen molar-refractivity contribution in [3.8, 4) is 0 Å². The summed E-state index contributed by atoms with van der Waals surface area (Å²) in [7, 11) is 2.14. The smallest absolute Gasteiger partial charge is 0.123 e. The molecule has 94 valence electrons. The zero-order valence-corrected chi connectivity index (χ0v) is 11.0. The summed E-state index contributed by atoms with van der Waals surface area (Å²) in [6.07, 6.45) is 1.25. The maximum absolute atomic E-state index is 13.1. The Morgan fingerprint density at radius 3 is 2.94 bits per heavy atom. The van der Waals surface area contributed by atoms with Gasteiger partial charge in [0.2, 0.25) is 0 Å². The number of benzene rings is 1. The van der Waals surface area contributed by atoms with E-state index < -0.39 is 0 Å². The number of nitrogens with zero attached hydrogens (tertiary/aromatic N) is 1. The van der Waals surface area contributed by atoms with Crippen molar-refractivity contribution in [3.63, 3.8) is 0 Å². The standard InChI is InChI=1S/C13H19FN2S/c1-16(13-4-5-17-9-13)8-10-2-3-12(14)6-11(10)7-15/h2-3,6,13H,4-5,7-9,15H2,1H3. The van der Waals surface area contributed by atoms with E-state index in [0.717, 1.165) is 17.7 Å². The van der Waals surface area contributed by atoms with Crippen LogP contribution >= 0.6 is 11.8 Å². The zero-order chi connectivity index (χ0) is 12.3. The minimum absolute atomic E-state index is 0.201. The second-order valence-corrected chi connectivity index (χ2v) is 5.70. The molecule has 0 bridgehead atoms. The molecule has 1 unspecified atom stereocenters. The SMILES string of the molecule is CN(Cc1ccc(F)cc1CN)C1CCSC1. The lowest BCUT2D eigenvalue weighted by atomic mass is 10.1. The molecule has 0 saturated carbocycles. The largest absolute Gasteiger partial charge is 0.326 e. The van der Waals surface area contributed by atoms with Crippen LogP contribution in [0.5, 0.6) is 0 Å². The lowest BCUT2D eigenvalue weighted by molar-refractivity contribution is 0.253. The van der Waals surface area contributed by atoms with E-state index in [1.807, 2.05) is 17.8 Å². The molecule has 1 aromatic rings. The first-order valence-electron chi connectivity index (χ1n) is 5.96. The molecular weight excluding hydrogens is 235 g/mol. The fourth-order valence-electron chi connectivity index (χ4n) is 2.21. The molecule has 0 radical (unpaired) electrons. The first kappa shape index (κ1) is 12.9. The lowest BCUT2D eigenvalue weighted by Gasteiger charge is -2.24. The van der Waals surface area contributed by atoms with E-state index in [-0.39, 0.29) is 5.82 Å². The highest BCUT2D eigenvalue weighted by molar-refractivity contribution is 7.99. The van der Waals surface area contributed by atoms with Crippen molar-refractivity contribution in [3.05, 3.63) is 35.1 Å². The molecule has 2 nitrogen and oxygen atoms in total. The number of hydrogen-bond acceptors (Lipinski definition) is 3. The molecule has 1 aliphatic heterocycles. The minimum atomic E-state index is -0.201. The third-order valence-electron chi connectivity index (χ3n) is 3.34. The Hall–Kier alpha value is -0.580. The van der Waals surface area contributed by atoms with Gasteiger partial charge in [-0.3, -0.25) is 4.90 Å². The molecule has 1 atom stereocenters. The molecule has 1 heterocycles. The Balaban J connectivity index is 2.06. The van der Waals surface area contributed by atoms with Gasteiger partial charge < -0.3 is 5.73 Å². The normalized spacial score (nSPS) is 20.1. The van der Waals surface area contributed by atoms with Gasteiger partial charge in [-0.2, -0.15) is 11.8 Å². The predicted molar refractivity (Wildman–Crippen MR) is 71.5 cm³/mol. The average Bonchev–Trinajstić information content (AvgIpc) is 2.85. The fourth-order valence-corrected chi connectivity index (χ4v) is 3.50. The zero-order valence-electron chi connectivity index (χ0n) is 10.2. The maximum Gasteiger partial charge on any atom is 0.123 e. The van der Waals surface area contributed by atoms with Gasteiger partial charge in [-0.25, -0.2) is 4.39 Å². The minimum Gasteiger partial charge on any atom is -0.326 e. The van der Waals surface area contributed by atoms with E-state index in [4.69, 9.17) is 5.73 Å². The van der Waals surface area contributed by atoms with Gasteiger partial charge in [0.15, 0.2) is 0 Å². The first-order valence-corrected chi connectivity index (χ1v) is 7.11. The Morgan fingerprint density at radius 1 is 1.47 bits per heavy atom. The Bertz CT molecular complexity index is 378. The third-order valence-corrected chi connectivity index (χ3v) is 4.48. The molecule has 2 rings (SSSR count). The van der Waals surface area contributed by atoms with Crippen LogP contribution in [0, 0.1) is 5.82 Å². The molecule has 2 N–H and O–H groups in total. The third kappa shape index (κ3) is 3.21. The number of rotatable bonds is 4. The topological polar surface area (TPSA) is 29.3 Å². The van der Waals surface area contributed by atoms with Crippen molar-refractivity contribution in [1.82, 2.24) is 4.90 Å². The van der Waals surface area contributed by atoms with Crippen LogP contribution in [0.2, 0.25) is 0 Å². The highest BCUT2D eigenvalue weighted by atomic mass is 32.2. The highest BCUT2D eigenvalue weighted by Crippen LogP contribution is 2.23. The van der Waals surface area contributed by atoms with Crippen molar-refractivity contribution >= 4 is 11.8 Å². The van der Waals surface area contributed by atoms with Crippen molar-refractivity contribution in [1.29, 1.82) is 0 Å². The van der Waals surface area contributed by atoms with E-state index in [2.05, 4.69) is 11.9 Å². The molecule has 1 aromatic carbocycles. The van der Waals surface area contributed by atoms with Crippen LogP contribution < -0.4 is 5.73 Å². The monoisotopic (exact) mass is 254 g/mol. The molecule has 1 saturated heterocycles. The summed E-state index contributed by atoms with van der Waals surface area (Å²) < 4.78 is 13.1. The first-order chi connectivity index (χ1) is 8.20. The summed E-state index contributed by atoms with van der Waals surface area (Å²) in [5.74, 6) is 2.26. The van der Waals surface area contributed by atoms with E-state index in [0.29, 0.717) is 12.6 Å². The van der Waals surface area contributed by atoms with Gasteiger partial charge in [0.05, 0.1) is 0 Å². The predicted octanol–water partition coefficient (Wildman–Crippen LogP) is 2.22. The summed E-state index contributed by atoms with van der Waals surface area (Å²) in [5, 5.41) is 0. The van der Waals surface area contributed by atoms with Crippen LogP contribution in [0.4, 0.5) is 4.39 Å². The van der Waals surface area contributed by atoms with Crippen LogP contribution in [-0.2, 0) is 13.1 Å². The van der Waals surface area contributed by atoms with Crippen molar-refractivity contribution in [2.24, 2.45) is 5.73 Å². The molecule has 0 amide bonds. The van der Waals surface area contributed by atoms with Gasteiger partial charge in [0.25, 0.3) is 0 Å². The molecule has 17 heavy (non-hydrogen) atoms. The summed E-state index contributed by atoms with van der Waals surface area (Å²) in [5.41, 5.74) is 7.72. The summed E-state index contributed by atoms with van der Waals surface area (Å²) in [4.78, 5) is 2.35. The van der Waals surface area contributed by atoms with Gasteiger partial charge >= 0.3 is 0 Å². The van der Waals surface area contributed by atoms with Crippen molar-refractivity contribution in [2.75, 3.05) is 18.6 Å². The van der Waals surface area contributed by atoms with Crippen molar-refractivity contribution < 1.29 is 4.39 Å². The van der Waals surface area contributed by atoms with Crippen LogP contribution in [0.1, 0.15) is 17.5 Å². The molecule has 0 aliphatic carbocycles. The van der Waals surface area contributed by atoms with Crippen LogP contribution in [0.3, 0.4) is 0 Å². The molecule has 0 spiro atoms. The van der Waals surface area contributed by atoms with Crippen molar-refractivity contribution in [2.45, 2.75) is 25.6 Å². The Labute approximate surface area is 106 Å². The fraction of sp³-hybridized carbons (Fsp3) is 0.538. The molecule has 4 heteroatoms. The van der Waals surface area contributed by atoms with E-state index in [1.54, 1.807) is 6.07 Å². The second-order valence-electron chi connectivity index (χ2n) is 4.55. The van der Waals surface area contributed by atoms with E-state index in [9.17, 15) is 4.39 Å². The number of halogens is 1. The van der Waals surface area contributed by atoms with Gasteiger partial charge in [-0.1, -0.05) is 6.07 Å². The van der Waals surface area contributed by atoms with Gasteiger partial charge in [-0.15, -0.1) is 0 Å². The van der Waals surface area contributed by atoms with Crippen LogP contribution in [0.25, 0.3) is 0 Å². The Kier molecular flexibility index (Phi) is 4.42. The van der Waals surface area contributed by atoms with Crippen LogP contribution in [-0.4, -0.2) is 29.5 Å². The quantitative estimate of drug-likeness (QED) is 0.893. The second kappa shape index (κ2) is 5.85. The lowest BCUT2D eigenvalue weighted by Crippen LogP contribution is -2.31. The molecule has 0 aromatic heterocycles. The van der Waals surface area contributed by atoms with Gasteiger partial charge in [0, 0.05) is 24.9 Å². The summed E-state index contributed by atoms with van der Waals surface area (Å²) in [6.45, 7) is 1.26. The number of thioether (sulfide) groups is 1. The highest BCUT2D eigenvalue weighted by Gasteiger charge is 2.20. The van der Waals surface area contributed by atoms with Crippen LogP contribution in [0.15, 0.2) is 18.2 Å². The molecule has 1 aliphatic rings. The maximum atomic E-state index is 13.1. The van der Waals surface area contributed by atoms with Gasteiger partial charge in [0.1, 0.15) is 5.82 Å². The van der Waals surface area contributed by atoms with Gasteiger partial charge in [-0.05, 0) is 42.5 Å². The summed E-state index contributed by atoms with van der Waals surface area (Å²) in [6, 6.07) is 5.57. The average molecular weight is 254 g/mol. The molecular formula is C13H19FN2S. The molecule has 1 fully saturated rings. The van der Waals surface area contributed by atoms with E-state index in [1.165, 1.54) is 24.0 Å². The number of hydrogen-bond donors (Lipinski definition) is 1. The summed E-state index contributed by atoms with van der Waals surface area (Å²) >= 11 is 2.01. The van der Waals surface area contributed by atoms with E-state index >= 15 is 0 Å². The Morgan fingerprint density at radius 2 is 2.29 bits per heavy atom. The number of nitrogens with two attached hydrogens (primary N) is 1.